The van der Waals surface area contributed by atoms with Gasteiger partial charge in [0, 0.05) is 32.2 Å². The molecule has 1 N–H and O–H groups in total. The van der Waals surface area contributed by atoms with Gasteiger partial charge in [0.05, 0.1) is 12.7 Å². The molecule has 1 aliphatic rings. The number of nitriles is 1. The van der Waals surface area contributed by atoms with Crippen LogP contribution in [0.15, 0.2) is 18.2 Å². The zero-order chi connectivity index (χ0) is 13.0. The molecule has 0 unspecified atom stereocenters. The number of nitrogens with one attached hydrogen (secondary N) is 1. The fourth-order valence-electron chi connectivity index (χ4n) is 2.35. The highest BCUT2D eigenvalue weighted by atomic mass is 16.5. The quantitative estimate of drug-likeness (QED) is 0.873. The van der Waals surface area contributed by atoms with Gasteiger partial charge in [0.15, 0.2) is 0 Å². The lowest BCUT2D eigenvalue weighted by Gasteiger charge is -2.31. The molecule has 1 heterocycles. The van der Waals surface area contributed by atoms with Gasteiger partial charge in [-0.25, -0.2) is 0 Å². The topological polar surface area (TPSA) is 48.3 Å². The Labute approximate surface area is 108 Å². The third kappa shape index (κ3) is 3.00. The number of rotatable bonds is 3. The first-order valence-electron chi connectivity index (χ1n) is 6.25. The molecule has 0 aromatic heterocycles. The molecule has 1 aromatic rings. The van der Waals surface area contributed by atoms with Crippen LogP contribution in [0, 0.1) is 11.3 Å². The van der Waals surface area contributed by atoms with Crippen LogP contribution in [0.1, 0.15) is 18.1 Å². The van der Waals surface area contributed by atoms with Crippen molar-refractivity contribution in [3.63, 3.8) is 0 Å². The Hall–Kier alpha value is -1.57. The number of benzene rings is 1. The minimum absolute atomic E-state index is 0.535. The van der Waals surface area contributed by atoms with Crippen molar-refractivity contribution in [3.8, 4) is 11.8 Å². The Morgan fingerprint density at radius 3 is 3.06 bits per heavy atom. The van der Waals surface area contributed by atoms with Gasteiger partial charge < -0.3 is 10.1 Å². The normalized spacial score (nSPS) is 20.4. The fraction of sp³-hybridized carbons (Fsp3) is 0.500. The molecule has 1 aromatic carbocycles. The lowest BCUT2D eigenvalue weighted by atomic mass is 10.1. The van der Waals surface area contributed by atoms with E-state index < -0.39 is 0 Å². The molecule has 0 aliphatic carbocycles. The maximum atomic E-state index is 9.07. The number of hydrogen-bond acceptors (Lipinski definition) is 4. The van der Waals surface area contributed by atoms with Gasteiger partial charge >= 0.3 is 0 Å². The molecule has 0 amide bonds. The summed E-state index contributed by atoms with van der Waals surface area (Å²) in [5.41, 5.74) is 1.78. The molecule has 0 spiro atoms. The van der Waals surface area contributed by atoms with Crippen molar-refractivity contribution >= 4 is 0 Å². The van der Waals surface area contributed by atoms with Crippen molar-refractivity contribution < 1.29 is 4.74 Å². The van der Waals surface area contributed by atoms with Crippen LogP contribution in [0.4, 0.5) is 0 Å². The van der Waals surface area contributed by atoms with Gasteiger partial charge in [0.25, 0.3) is 0 Å². The average Bonchev–Trinajstić information content (AvgIpc) is 2.38. The Kier molecular flexibility index (Phi) is 4.19. The highest BCUT2D eigenvalue weighted by Crippen LogP contribution is 2.20. The summed E-state index contributed by atoms with van der Waals surface area (Å²) in [6.07, 6.45) is 0. The Morgan fingerprint density at radius 2 is 2.39 bits per heavy atom. The summed E-state index contributed by atoms with van der Waals surface area (Å²) in [5.74, 6) is 0.648. The third-order valence-electron chi connectivity index (χ3n) is 3.24. The summed E-state index contributed by atoms with van der Waals surface area (Å²) in [5, 5.41) is 12.5. The molecule has 1 fully saturated rings. The van der Waals surface area contributed by atoms with Crippen molar-refractivity contribution in [1.82, 2.24) is 10.2 Å². The van der Waals surface area contributed by atoms with Crippen LogP contribution in [0.25, 0.3) is 0 Å². The zero-order valence-corrected chi connectivity index (χ0v) is 10.9. The maximum Gasteiger partial charge on any atom is 0.136 e. The van der Waals surface area contributed by atoms with E-state index in [0.29, 0.717) is 17.4 Å². The molecule has 1 atom stereocenters. The smallest absolute Gasteiger partial charge is 0.136 e. The zero-order valence-electron chi connectivity index (χ0n) is 10.9. The molecule has 1 aliphatic heterocycles. The van der Waals surface area contributed by atoms with Crippen molar-refractivity contribution in [1.29, 1.82) is 5.26 Å². The van der Waals surface area contributed by atoms with Crippen molar-refractivity contribution in [2.45, 2.75) is 19.5 Å². The molecule has 18 heavy (non-hydrogen) atoms. The molecule has 0 radical (unpaired) electrons. The first kappa shape index (κ1) is 12.9. The van der Waals surface area contributed by atoms with Crippen molar-refractivity contribution in [2.24, 2.45) is 0 Å². The van der Waals surface area contributed by atoms with Crippen LogP contribution < -0.4 is 10.1 Å². The molecule has 0 saturated carbocycles. The van der Waals surface area contributed by atoms with Crippen LogP contribution in [-0.4, -0.2) is 37.7 Å². The molecule has 4 nitrogen and oxygen atoms in total. The largest absolute Gasteiger partial charge is 0.495 e. The van der Waals surface area contributed by atoms with Gasteiger partial charge in [-0.2, -0.15) is 5.26 Å². The first-order valence-corrected chi connectivity index (χ1v) is 6.25. The van der Waals surface area contributed by atoms with Crippen LogP contribution in [-0.2, 0) is 6.54 Å². The molecular weight excluding hydrogens is 226 g/mol. The van der Waals surface area contributed by atoms with Gasteiger partial charge in [-0.05, 0) is 24.6 Å². The van der Waals surface area contributed by atoms with E-state index in [4.69, 9.17) is 10.00 Å². The molecule has 96 valence electrons. The molecule has 2 rings (SSSR count). The van der Waals surface area contributed by atoms with E-state index in [1.807, 2.05) is 18.2 Å². The van der Waals surface area contributed by atoms with Gasteiger partial charge in [-0.1, -0.05) is 6.07 Å². The minimum Gasteiger partial charge on any atom is -0.495 e. The van der Waals surface area contributed by atoms with Gasteiger partial charge in [0.2, 0.25) is 0 Å². The van der Waals surface area contributed by atoms with Crippen LogP contribution in [0.2, 0.25) is 0 Å². The van der Waals surface area contributed by atoms with Crippen molar-refractivity contribution in [3.05, 3.63) is 29.3 Å². The standard InChI is InChI=1S/C14H19N3O/c1-11-9-17(6-5-16-11)10-12-3-4-14(18-2)13(7-12)8-15/h3-4,7,11,16H,5-6,9-10H2,1-2H3/t11-/m1/s1. The summed E-state index contributed by atoms with van der Waals surface area (Å²) in [4.78, 5) is 2.41. The SMILES string of the molecule is COc1ccc(CN2CCN[C@H](C)C2)cc1C#N. The second kappa shape index (κ2) is 5.85. The Bertz CT molecular complexity index is 453. The predicted octanol–water partition coefficient (Wildman–Crippen LogP) is 1.36. The lowest BCUT2D eigenvalue weighted by molar-refractivity contribution is 0.199. The van der Waals surface area contributed by atoms with E-state index in [2.05, 4.69) is 23.2 Å². The number of hydrogen-bond donors (Lipinski definition) is 1. The molecule has 1 saturated heterocycles. The van der Waals surface area contributed by atoms with Gasteiger partial charge in [0.1, 0.15) is 11.8 Å². The van der Waals surface area contributed by atoms with E-state index in [1.165, 1.54) is 5.56 Å². The summed E-state index contributed by atoms with van der Waals surface area (Å²) >= 11 is 0. The monoisotopic (exact) mass is 245 g/mol. The Morgan fingerprint density at radius 1 is 1.56 bits per heavy atom. The maximum absolute atomic E-state index is 9.07. The third-order valence-corrected chi connectivity index (χ3v) is 3.24. The number of nitrogens with zero attached hydrogens (tertiary/aromatic N) is 2. The van der Waals surface area contributed by atoms with Crippen LogP contribution in [0.5, 0.6) is 5.75 Å². The van der Waals surface area contributed by atoms with E-state index >= 15 is 0 Å². The predicted molar refractivity (Wildman–Crippen MR) is 70.5 cm³/mol. The lowest BCUT2D eigenvalue weighted by Crippen LogP contribution is -2.48. The van der Waals surface area contributed by atoms with Crippen molar-refractivity contribution in [2.75, 3.05) is 26.7 Å². The number of methoxy groups -OCH3 is 1. The summed E-state index contributed by atoms with van der Waals surface area (Å²) in [6, 6.07) is 8.54. The van der Waals surface area contributed by atoms with Gasteiger partial charge in [-0.3, -0.25) is 4.90 Å². The highest BCUT2D eigenvalue weighted by molar-refractivity contribution is 5.45. The van der Waals surface area contributed by atoms with E-state index in [9.17, 15) is 0 Å². The van der Waals surface area contributed by atoms with Gasteiger partial charge in [-0.15, -0.1) is 0 Å². The van der Waals surface area contributed by atoms with Crippen LogP contribution >= 0.6 is 0 Å². The summed E-state index contributed by atoms with van der Waals surface area (Å²) < 4.78 is 5.15. The second-order valence-corrected chi connectivity index (χ2v) is 4.74. The average molecular weight is 245 g/mol. The molecule has 0 bridgehead atoms. The number of piperazine rings is 1. The molecular formula is C14H19N3O. The first-order chi connectivity index (χ1) is 8.72. The van der Waals surface area contributed by atoms with E-state index in [0.717, 1.165) is 26.2 Å². The van der Waals surface area contributed by atoms with E-state index in [-0.39, 0.29) is 0 Å². The van der Waals surface area contributed by atoms with Crippen LogP contribution in [0.3, 0.4) is 0 Å². The summed E-state index contributed by atoms with van der Waals surface area (Å²) in [7, 11) is 1.59. The fourth-order valence-corrected chi connectivity index (χ4v) is 2.35. The highest BCUT2D eigenvalue weighted by Gasteiger charge is 2.16. The summed E-state index contributed by atoms with van der Waals surface area (Å²) in [6.45, 7) is 6.22. The minimum atomic E-state index is 0.535. The Balaban J connectivity index is 2.07. The van der Waals surface area contributed by atoms with E-state index in [1.54, 1.807) is 7.11 Å². The number of ether oxygens (including phenoxy) is 1. The molecule has 4 heteroatoms. The second-order valence-electron chi connectivity index (χ2n) is 4.74.